The lowest BCUT2D eigenvalue weighted by molar-refractivity contribution is 1.25. The van der Waals surface area contributed by atoms with Gasteiger partial charge in [-0.3, -0.25) is 5.41 Å². The molecule has 19 heavy (non-hydrogen) atoms. The summed E-state index contributed by atoms with van der Waals surface area (Å²) in [5.74, 6) is 0. The molecule has 0 spiro atoms. The average molecular weight is 246 g/mol. The molecule has 0 atom stereocenters. The highest BCUT2D eigenvalue weighted by Gasteiger charge is 2.16. The standard InChI is InChI=1S/C17H14N2/c1-2-12-8-9-14-10-11-15(19-17(14)16(12)18)13-6-4-3-5-7-13/h2-11,18H,1H3/b12-2-,18-16?. The first-order valence-corrected chi connectivity index (χ1v) is 6.30. The highest BCUT2D eigenvalue weighted by atomic mass is 14.7. The van der Waals surface area contributed by atoms with Crippen LogP contribution in [0.1, 0.15) is 18.2 Å². The van der Waals surface area contributed by atoms with Crippen molar-refractivity contribution in [1.29, 1.82) is 5.41 Å². The van der Waals surface area contributed by atoms with E-state index in [1.54, 1.807) is 0 Å². The van der Waals surface area contributed by atoms with Crippen LogP contribution >= 0.6 is 0 Å². The molecule has 0 radical (unpaired) electrons. The first-order valence-electron chi connectivity index (χ1n) is 6.30. The third kappa shape index (κ3) is 2.02. The van der Waals surface area contributed by atoms with Gasteiger partial charge in [-0.05, 0) is 18.6 Å². The van der Waals surface area contributed by atoms with Crippen molar-refractivity contribution in [3.8, 4) is 11.3 Å². The van der Waals surface area contributed by atoms with Crippen molar-refractivity contribution in [1.82, 2.24) is 4.98 Å². The summed E-state index contributed by atoms with van der Waals surface area (Å²) in [6.07, 6.45) is 5.93. The summed E-state index contributed by atoms with van der Waals surface area (Å²) in [5, 5.41) is 8.20. The molecule has 3 rings (SSSR count). The van der Waals surface area contributed by atoms with Crippen molar-refractivity contribution in [2.75, 3.05) is 0 Å². The average Bonchev–Trinajstić information content (AvgIpc) is 2.48. The molecular formula is C17H14N2. The lowest BCUT2D eigenvalue weighted by atomic mass is 9.95. The molecule has 1 aromatic heterocycles. The molecule has 1 aliphatic carbocycles. The molecule has 1 N–H and O–H groups in total. The van der Waals surface area contributed by atoms with E-state index in [1.165, 1.54) is 0 Å². The first-order chi connectivity index (χ1) is 9.29. The van der Waals surface area contributed by atoms with Crippen molar-refractivity contribution in [2.45, 2.75) is 6.92 Å². The van der Waals surface area contributed by atoms with Crippen molar-refractivity contribution < 1.29 is 0 Å². The van der Waals surface area contributed by atoms with E-state index in [1.807, 2.05) is 67.6 Å². The molecule has 0 saturated heterocycles. The Morgan fingerprint density at radius 2 is 1.79 bits per heavy atom. The van der Waals surface area contributed by atoms with E-state index in [0.29, 0.717) is 5.71 Å². The normalized spacial score (nSPS) is 15.6. The van der Waals surface area contributed by atoms with Crippen LogP contribution in [0.2, 0.25) is 0 Å². The van der Waals surface area contributed by atoms with Gasteiger partial charge in [0.2, 0.25) is 0 Å². The van der Waals surface area contributed by atoms with Gasteiger partial charge in [0.25, 0.3) is 0 Å². The Morgan fingerprint density at radius 3 is 2.53 bits per heavy atom. The maximum absolute atomic E-state index is 8.20. The van der Waals surface area contributed by atoms with Crippen LogP contribution in [0.3, 0.4) is 0 Å². The number of allylic oxidation sites excluding steroid dienone is 3. The maximum Gasteiger partial charge on any atom is 0.0964 e. The fourth-order valence-electron chi connectivity index (χ4n) is 2.21. The Labute approximate surface area is 112 Å². The smallest absolute Gasteiger partial charge is 0.0964 e. The number of nitrogens with zero attached hydrogens (tertiary/aromatic N) is 1. The number of benzene rings is 1. The topological polar surface area (TPSA) is 36.7 Å². The van der Waals surface area contributed by atoms with E-state index < -0.39 is 0 Å². The third-order valence-corrected chi connectivity index (χ3v) is 3.27. The van der Waals surface area contributed by atoms with Crippen LogP contribution in [0.25, 0.3) is 17.3 Å². The highest BCUT2D eigenvalue weighted by molar-refractivity contribution is 6.15. The van der Waals surface area contributed by atoms with Gasteiger partial charge in [-0.15, -0.1) is 0 Å². The number of aromatic nitrogens is 1. The van der Waals surface area contributed by atoms with Crippen LogP contribution in [0.4, 0.5) is 0 Å². The predicted molar refractivity (Wildman–Crippen MR) is 79.3 cm³/mol. The van der Waals surface area contributed by atoms with Crippen LogP contribution in [0.15, 0.2) is 60.2 Å². The van der Waals surface area contributed by atoms with E-state index in [-0.39, 0.29) is 0 Å². The molecule has 0 saturated carbocycles. The van der Waals surface area contributed by atoms with Gasteiger partial charge in [0.15, 0.2) is 0 Å². The molecule has 92 valence electrons. The van der Waals surface area contributed by atoms with Gasteiger partial charge < -0.3 is 0 Å². The summed E-state index contributed by atoms with van der Waals surface area (Å²) in [7, 11) is 0. The largest absolute Gasteiger partial charge is 0.298 e. The number of rotatable bonds is 1. The zero-order valence-corrected chi connectivity index (χ0v) is 10.7. The summed E-state index contributed by atoms with van der Waals surface area (Å²) in [6.45, 7) is 1.94. The Hall–Kier alpha value is -2.48. The second-order valence-corrected chi connectivity index (χ2v) is 4.45. The molecule has 0 aliphatic heterocycles. The molecule has 0 unspecified atom stereocenters. The van der Waals surface area contributed by atoms with Crippen LogP contribution in [0, 0.1) is 5.41 Å². The van der Waals surface area contributed by atoms with Gasteiger partial charge in [-0.25, -0.2) is 4.98 Å². The van der Waals surface area contributed by atoms with Gasteiger partial charge >= 0.3 is 0 Å². The number of hydrogen-bond acceptors (Lipinski definition) is 2. The second-order valence-electron chi connectivity index (χ2n) is 4.45. The molecule has 2 nitrogen and oxygen atoms in total. The Bertz CT molecular complexity index is 694. The minimum Gasteiger partial charge on any atom is -0.298 e. The van der Waals surface area contributed by atoms with E-state index in [4.69, 9.17) is 5.41 Å². The zero-order chi connectivity index (χ0) is 13.2. The summed E-state index contributed by atoms with van der Waals surface area (Å²) in [4.78, 5) is 4.65. The molecule has 1 heterocycles. The van der Waals surface area contributed by atoms with Crippen LogP contribution in [-0.4, -0.2) is 10.7 Å². The lowest BCUT2D eigenvalue weighted by Gasteiger charge is -2.14. The Balaban J connectivity index is 2.13. The Morgan fingerprint density at radius 1 is 1.00 bits per heavy atom. The predicted octanol–water partition coefficient (Wildman–Crippen LogP) is 4.09. The molecular weight excluding hydrogens is 232 g/mol. The van der Waals surface area contributed by atoms with E-state index in [0.717, 1.165) is 28.1 Å². The van der Waals surface area contributed by atoms with Crippen LogP contribution < -0.4 is 0 Å². The monoisotopic (exact) mass is 246 g/mol. The van der Waals surface area contributed by atoms with Crippen molar-refractivity contribution in [3.05, 3.63) is 71.4 Å². The van der Waals surface area contributed by atoms with E-state index in [9.17, 15) is 0 Å². The first kappa shape index (κ1) is 11.6. The van der Waals surface area contributed by atoms with E-state index >= 15 is 0 Å². The maximum atomic E-state index is 8.20. The van der Waals surface area contributed by atoms with E-state index in [2.05, 4.69) is 4.98 Å². The quantitative estimate of drug-likeness (QED) is 0.808. The molecule has 2 aromatic rings. The minimum absolute atomic E-state index is 0.498. The summed E-state index contributed by atoms with van der Waals surface area (Å²) in [5.41, 5.74) is 5.18. The molecule has 1 aliphatic rings. The van der Waals surface area contributed by atoms with Gasteiger partial charge in [0.1, 0.15) is 0 Å². The number of nitrogens with one attached hydrogen (secondary N) is 1. The zero-order valence-electron chi connectivity index (χ0n) is 10.7. The molecule has 0 fully saturated rings. The van der Waals surface area contributed by atoms with Crippen molar-refractivity contribution in [3.63, 3.8) is 0 Å². The molecule has 0 amide bonds. The van der Waals surface area contributed by atoms with Crippen LogP contribution in [-0.2, 0) is 0 Å². The molecule has 0 bridgehead atoms. The number of fused-ring (bicyclic) bond motifs is 1. The number of hydrogen-bond donors (Lipinski definition) is 1. The van der Waals surface area contributed by atoms with Crippen LogP contribution in [0.5, 0.6) is 0 Å². The van der Waals surface area contributed by atoms with Gasteiger partial charge in [-0.2, -0.15) is 0 Å². The fourth-order valence-corrected chi connectivity index (χ4v) is 2.21. The summed E-state index contributed by atoms with van der Waals surface area (Å²) in [6, 6.07) is 14.1. The molecule has 1 aromatic carbocycles. The van der Waals surface area contributed by atoms with Gasteiger partial charge in [0, 0.05) is 11.1 Å². The summed E-state index contributed by atoms with van der Waals surface area (Å²) >= 11 is 0. The van der Waals surface area contributed by atoms with Crippen molar-refractivity contribution >= 4 is 11.8 Å². The SMILES string of the molecule is C/C=C1/C=Cc2ccc(-c3ccccc3)nc2C1=N. The fraction of sp³-hybridized carbons (Fsp3) is 0.0588. The third-order valence-electron chi connectivity index (χ3n) is 3.27. The number of pyridine rings is 1. The highest BCUT2D eigenvalue weighted by Crippen LogP contribution is 2.25. The van der Waals surface area contributed by atoms with Gasteiger partial charge in [0.05, 0.1) is 17.1 Å². The Kier molecular flexibility index (Phi) is 2.84. The van der Waals surface area contributed by atoms with Gasteiger partial charge in [-0.1, -0.05) is 54.6 Å². The summed E-state index contributed by atoms with van der Waals surface area (Å²) < 4.78 is 0. The lowest BCUT2D eigenvalue weighted by Crippen LogP contribution is -2.10. The molecule has 2 heteroatoms. The minimum atomic E-state index is 0.498. The second kappa shape index (κ2) is 4.65. The van der Waals surface area contributed by atoms with Crippen molar-refractivity contribution in [2.24, 2.45) is 0 Å².